The van der Waals surface area contributed by atoms with E-state index in [0.29, 0.717) is 24.0 Å². The Kier molecular flexibility index (Phi) is 3.54. The van der Waals surface area contributed by atoms with E-state index in [0.717, 1.165) is 5.39 Å². The highest BCUT2D eigenvalue weighted by Gasteiger charge is 2.14. The predicted octanol–water partition coefficient (Wildman–Crippen LogP) is 2.22. The molecule has 4 nitrogen and oxygen atoms in total. The van der Waals surface area contributed by atoms with E-state index in [2.05, 4.69) is 4.98 Å². The Bertz CT molecular complexity index is 610. The van der Waals surface area contributed by atoms with Gasteiger partial charge in [0, 0.05) is 25.2 Å². The quantitative estimate of drug-likeness (QED) is 0.825. The molecular weight excluding hydrogens is 226 g/mol. The van der Waals surface area contributed by atoms with E-state index in [4.69, 9.17) is 5.26 Å². The van der Waals surface area contributed by atoms with Gasteiger partial charge in [0.2, 0.25) is 0 Å². The minimum absolute atomic E-state index is 0.102. The molecule has 0 aliphatic carbocycles. The molecule has 18 heavy (non-hydrogen) atoms. The van der Waals surface area contributed by atoms with Crippen LogP contribution in [-0.4, -0.2) is 29.4 Å². The first-order valence-electron chi connectivity index (χ1n) is 5.70. The molecule has 4 heteroatoms. The van der Waals surface area contributed by atoms with Crippen LogP contribution in [0.1, 0.15) is 16.8 Å². The molecule has 2 rings (SSSR count). The van der Waals surface area contributed by atoms with Crippen LogP contribution in [-0.2, 0) is 0 Å². The van der Waals surface area contributed by atoms with E-state index in [1.54, 1.807) is 24.2 Å². The average molecular weight is 239 g/mol. The number of rotatable bonds is 3. The highest BCUT2D eigenvalue weighted by molar-refractivity contribution is 6.05. The lowest BCUT2D eigenvalue weighted by Crippen LogP contribution is -2.27. The number of carbonyl (C=O) groups excluding carboxylic acids is 1. The molecule has 0 unspecified atom stereocenters. The molecule has 0 N–H and O–H groups in total. The van der Waals surface area contributed by atoms with E-state index < -0.39 is 0 Å². The lowest BCUT2D eigenvalue weighted by atomic mass is 10.1. The number of fused-ring (bicyclic) bond motifs is 1. The van der Waals surface area contributed by atoms with Crippen molar-refractivity contribution in [3.05, 3.63) is 42.1 Å². The number of aromatic nitrogens is 1. The second-order valence-electron chi connectivity index (χ2n) is 4.02. The summed E-state index contributed by atoms with van der Waals surface area (Å²) in [6.07, 6.45) is 2.01. The monoisotopic (exact) mass is 239 g/mol. The molecule has 0 spiro atoms. The van der Waals surface area contributed by atoms with Gasteiger partial charge in [-0.2, -0.15) is 5.26 Å². The summed E-state index contributed by atoms with van der Waals surface area (Å²) in [5, 5.41) is 9.48. The van der Waals surface area contributed by atoms with Crippen molar-refractivity contribution < 1.29 is 4.79 Å². The van der Waals surface area contributed by atoms with Crippen LogP contribution >= 0.6 is 0 Å². The maximum absolute atomic E-state index is 12.2. The van der Waals surface area contributed by atoms with Gasteiger partial charge < -0.3 is 4.90 Å². The molecule has 0 aliphatic rings. The minimum Gasteiger partial charge on any atom is -0.341 e. The minimum atomic E-state index is -0.102. The van der Waals surface area contributed by atoms with Gasteiger partial charge in [-0.15, -0.1) is 0 Å². The van der Waals surface area contributed by atoms with Gasteiger partial charge in [0.15, 0.2) is 0 Å². The Hall–Kier alpha value is -2.41. The van der Waals surface area contributed by atoms with Gasteiger partial charge >= 0.3 is 0 Å². The van der Waals surface area contributed by atoms with Crippen LogP contribution in [0.4, 0.5) is 0 Å². The Balaban J connectivity index is 2.36. The molecule has 0 atom stereocenters. The van der Waals surface area contributed by atoms with Gasteiger partial charge in [0.1, 0.15) is 0 Å². The van der Waals surface area contributed by atoms with Crippen LogP contribution in [0, 0.1) is 11.3 Å². The highest BCUT2D eigenvalue weighted by Crippen LogP contribution is 2.17. The summed E-state index contributed by atoms with van der Waals surface area (Å²) in [6, 6.07) is 11.3. The number of nitriles is 1. The molecule has 0 bridgehead atoms. The van der Waals surface area contributed by atoms with E-state index >= 15 is 0 Å². The number of amides is 1. The summed E-state index contributed by atoms with van der Waals surface area (Å²) >= 11 is 0. The van der Waals surface area contributed by atoms with Crippen molar-refractivity contribution in [3.8, 4) is 6.07 Å². The number of para-hydroxylation sites is 1. The van der Waals surface area contributed by atoms with Crippen LogP contribution in [0.25, 0.3) is 10.9 Å². The number of hydrogen-bond donors (Lipinski definition) is 0. The molecule has 1 heterocycles. The van der Waals surface area contributed by atoms with Crippen molar-refractivity contribution in [2.75, 3.05) is 13.6 Å². The number of benzene rings is 1. The van der Waals surface area contributed by atoms with Gasteiger partial charge in [-0.3, -0.25) is 9.78 Å². The Morgan fingerprint density at radius 2 is 2.17 bits per heavy atom. The Morgan fingerprint density at radius 3 is 2.94 bits per heavy atom. The smallest absolute Gasteiger partial charge is 0.255 e. The molecule has 1 aromatic carbocycles. The molecule has 1 amide bonds. The van der Waals surface area contributed by atoms with Gasteiger partial charge in [0.25, 0.3) is 5.91 Å². The number of hydrogen-bond acceptors (Lipinski definition) is 3. The molecule has 0 radical (unpaired) electrons. The lowest BCUT2D eigenvalue weighted by Gasteiger charge is -2.16. The fourth-order valence-electron chi connectivity index (χ4n) is 1.80. The largest absolute Gasteiger partial charge is 0.341 e. The van der Waals surface area contributed by atoms with Gasteiger partial charge in [0.05, 0.1) is 23.6 Å². The molecular formula is C14H13N3O. The Morgan fingerprint density at radius 1 is 1.39 bits per heavy atom. The first-order chi connectivity index (χ1) is 8.74. The molecule has 1 aromatic heterocycles. The number of nitrogens with zero attached hydrogens (tertiary/aromatic N) is 3. The molecule has 0 saturated carbocycles. The first kappa shape index (κ1) is 12.1. The molecule has 0 fully saturated rings. The predicted molar refractivity (Wildman–Crippen MR) is 68.9 cm³/mol. The van der Waals surface area contributed by atoms with Gasteiger partial charge in [-0.05, 0) is 12.1 Å². The van der Waals surface area contributed by atoms with E-state index in [-0.39, 0.29) is 5.91 Å². The topological polar surface area (TPSA) is 57.0 Å². The van der Waals surface area contributed by atoms with Crippen LogP contribution in [0.15, 0.2) is 36.5 Å². The van der Waals surface area contributed by atoms with Crippen LogP contribution in [0.2, 0.25) is 0 Å². The average Bonchev–Trinajstić information content (AvgIpc) is 2.43. The fraction of sp³-hybridized carbons (Fsp3) is 0.214. The van der Waals surface area contributed by atoms with Crippen molar-refractivity contribution in [3.63, 3.8) is 0 Å². The van der Waals surface area contributed by atoms with Crippen LogP contribution < -0.4 is 0 Å². The Labute approximate surface area is 105 Å². The van der Waals surface area contributed by atoms with Crippen LogP contribution in [0.3, 0.4) is 0 Å². The van der Waals surface area contributed by atoms with Crippen molar-refractivity contribution >= 4 is 16.8 Å². The number of carbonyl (C=O) groups is 1. The standard InChI is InChI=1S/C14H13N3O/c1-17(10-4-8-15)14(18)12-7-2-5-11-6-3-9-16-13(11)12/h2-3,5-7,9H,4,10H2,1H3. The maximum Gasteiger partial charge on any atom is 0.255 e. The summed E-state index contributed by atoms with van der Waals surface area (Å²) in [5.41, 5.74) is 1.28. The summed E-state index contributed by atoms with van der Waals surface area (Å²) in [5.74, 6) is -0.102. The SMILES string of the molecule is CN(CCC#N)C(=O)c1cccc2cccnc12. The maximum atomic E-state index is 12.2. The molecule has 2 aromatic rings. The van der Waals surface area contributed by atoms with Crippen molar-refractivity contribution in [1.82, 2.24) is 9.88 Å². The zero-order chi connectivity index (χ0) is 13.0. The first-order valence-corrected chi connectivity index (χ1v) is 5.70. The third-order valence-electron chi connectivity index (χ3n) is 2.77. The number of pyridine rings is 1. The zero-order valence-corrected chi connectivity index (χ0v) is 10.1. The van der Waals surface area contributed by atoms with Gasteiger partial charge in [-0.25, -0.2) is 0 Å². The molecule has 90 valence electrons. The normalized spacial score (nSPS) is 10.0. The molecule has 0 aliphatic heterocycles. The van der Waals surface area contributed by atoms with Gasteiger partial charge in [-0.1, -0.05) is 18.2 Å². The highest BCUT2D eigenvalue weighted by atomic mass is 16.2. The zero-order valence-electron chi connectivity index (χ0n) is 10.1. The lowest BCUT2D eigenvalue weighted by molar-refractivity contribution is 0.0800. The third-order valence-corrected chi connectivity index (χ3v) is 2.77. The van der Waals surface area contributed by atoms with E-state index in [9.17, 15) is 4.79 Å². The third kappa shape index (κ3) is 2.30. The van der Waals surface area contributed by atoms with E-state index in [1.165, 1.54) is 0 Å². The molecule has 0 saturated heterocycles. The second-order valence-corrected chi connectivity index (χ2v) is 4.02. The fourth-order valence-corrected chi connectivity index (χ4v) is 1.80. The van der Waals surface area contributed by atoms with Crippen LogP contribution in [0.5, 0.6) is 0 Å². The summed E-state index contributed by atoms with van der Waals surface area (Å²) in [6.45, 7) is 0.429. The second kappa shape index (κ2) is 5.28. The van der Waals surface area contributed by atoms with Crippen molar-refractivity contribution in [1.29, 1.82) is 5.26 Å². The summed E-state index contributed by atoms with van der Waals surface area (Å²) in [4.78, 5) is 18.0. The van der Waals surface area contributed by atoms with Crippen molar-refractivity contribution in [2.45, 2.75) is 6.42 Å². The van der Waals surface area contributed by atoms with Crippen molar-refractivity contribution in [2.24, 2.45) is 0 Å². The summed E-state index contributed by atoms with van der Waals surface area (Å²) < 4.78 is 0. The summed E-state index contributed by atoms with van der Waals surface area (Å²) in [7, 11) is 1.70. The van der Waals surface area contributed by atoms with E-state index in [1.807, 2.05) is 30.3 Å².